The summed E-state index contributed by atoms with van der Waals surface area (Å²) < 4.78 is 3.82. The summed E-state index contributed by atoms with van der Waals surface area (Å²) in [6.07, 6.45) is -7.09. The van der Waals surface area contributed by atoms with Crippen LogP contribution in [0.4, 0.5) is 9.59 Å². The van der Waals surface area contributed by atoms with Gasteiger partial charge in [-0.05, 0) is 0 Å². The molecule has 0 saturated carbocycles. The van der Waals surface area contributed by atoms with Gasteiger partial charge in [0.25, 0.3) is 6.23 Å². The number of hydrogen-bond donors (Lipinski definition) is 6. The second-order valence-electron chi connectivity index (χ2n) is 4.54. The van der Waals surface area contributed by atoms with Gasteiger partial charge in [0.2, 0.25) is 12.5 Å². The Bertz CT molecular complexity index is 405. The van der Waals surface area contributed by atoms with E-state index in [1.807, 2.05) is 5.32 Å². The number of nitrogens with zero attached hydrogens (tertiary/aromatic N) is 1. The normalized spacial score (nSPS) is 46.3. The molecule has 2 rings (SSSR count). The van der Waals surface area contributed by atoms with Crippen LogP contribution < -0.4 is 11.1 Å². The van der Waals surface area contributed by atoms with E-state index in [0.29, 0.717) is 0 Å². The first-order chi connectivity index (χ1) is 8.85. The quantitative estimate of drug-likeness (QED) is 0.288. The number of quaternary nitrogens is 1. The Labute approximate surface area is 107 Å². The van der Waals surface area contributed by atoms with Crippen LogP contribution in [0.1, 0.15) is 6.42 Å². The zero-order valence-corrected chi connectivity index (χ0v) is 9.84. The van der Waals surface area contributed by atoms with Crippen molar-refractivity contribution in [1.82, 2.24) is 5.32 Å². The lowest BCUT2D eigenvalue weighted by molar-refractivity contribution is -0.863. The molecule has 3 unspecified atom stereocenters. The van der Waals surface area contributed by atoms with Gasteiger partial charge in [-0.25, -0.2) is 9.59 Å². The van der Waals surface area contributed by atoms with Gasteiger partial charge in [0.15, 0.2) is 0 Å². The molecule has 0 radical (unpaired) electrons. The number of imide groups is 1. The molecule has 10 nitrogen and oxygen atoms in total. The minimum Gasteiger partial charge on any atom is -0.394 e. The summed E-state index contributed by atoms with van der Waals surface area (Å²) in [5.74, 6) is 0. The van der Waals surface area contributed by atoms with Crippen LogP contribution >= 0.6 is 0 Å². The minimum absolute atomic E-state index is 0.189. The molecule has 2 aliphatic rings. The first kappa shape index (κ1) is 14.1. The van der Waals surface area contributed by atoms with Crippen LogP contribution in [0.15, 0.2) is 0 Å². The second-order valence-corrected chi connectivity index (χ2v) is 4.54. The van der Waals surface area contributed by atoms with Crippen molar-refractivity contribution in [3.05, 3.63) is 0 Å². The van der Waals surface area contributed by atoms with Crippen molar-refractivity contribution in [2.45, 2.75) is 37.3 Å². The third-order valence-corrected chi connectivity index (χ3v) is 3.51. The van der Waals surface area contributed by atoms with Crippen molar-refractivity contribution in [3.8, 4) is 0 Å². The summed E-state index contributed by atoms with van der Waals surface area (Å²) in [7, 11) is 0. The molecule has 2 heterocycles. The molecule has 19 heavy (non-hydrogen) atoms. The van der Waals surface area contributed by atoms with E-state index in [2.05, 4.69) is 0 Å². The molecule has 0 bridgehead atoms. The number of primary amides is 1. The molecule has 108 valence electrons. The SMILES string of the molecule is NC(=O)[N+]1([C@@H]2C[C@H](O)[C@@H](CO)O2)C(=O)NC(O)C1O. The zero-order chi connectivity index (χ0) is 14.4. The number of hydrogen-bond acceptors (Lipinski definition) is 7. The molecule has 4 amide bonds. The van der Waals surface area contributed by atoms with Crippen molar-refractivity contribution in [3.63, 3.8) is 0 Å². The summed E-state index contributed by atoms with van der Waals surface area (Å²) in [5.41, 5.74) is 5.17. The number of ether oxygens (including phenoxy) is 1. The lowest BCUT2D eigenvalue weighted by Crippen LogP contribution is -2.67. The number of nitrogens with one attached hydrogen (secondary N) is 1. The second kappa shape index (κ2) is 4.67. The van der Waals surface area contributed by atoms with E-state index < -0.39 is 54.0 Å². The van der Waals surface area contributed by atoms with Crippen molar-refractivity contribution >= 4 is 12.1 Å². The van der Waals surface area contributed by atoms with Crippen LogP contribution in [0.3, 0.4) is 0 Å². The molecule has 0 aromatic heterocycles. The van der Waals surface area contributed by atoms with Gasteiger partial charge in [0.05, 0.1) is 19.1 Å². The highest BCUT2D eigenvalue weighted by Crippen LogP contribution is 2.34. The Kier molecular flexibility index (Phi) is 3.47. The van der Waals surface area contributed by atoms with Crippen molar-refractivity contribution < 1.29 is 39.2 Å². The molecule has 0 aromatic carbocycles. The summed E-state index contributed by atoms with van der Waals surface area (Å²) in [4.78, 5) is 23.5. The fourth-order valence-electron chi connectivity index (χ4n) is 2.46. The monoisotopic (exact) mass is 278 g/mol. The van der Waals surface area contributed by atoms with Gasteiger partial charge < -0.3 is 30.9 Å². The molecule has 2 fully saturated rings. The summed E-state index contributed by atoms with van der Waals surface area (Å²) in [6, 6.07) is -2.25. The van der Waals surface area contributed by atoms with Gasteiger partial charge in [-0.2, -0.15) is 0 Å². The van der Waals surface area contributed by atoms with Crippen molar-refractivity contribution in [2.24, 2.45) is 5.73 Å². The van der Waals surface area contributed by atoms with E-state index in [-0.39, 0.29) is 6.42 Å². The molecular formula is C9H16N3O7+. The number of amides is 4. The van der Waals surface area contributed by atoms with Crippen LogP contribution in [-0.4, -0.2) is 74.5 Å². The lowest BCUT2D eigenvalue weighted by atomic mass is 10.1. The average molecular weight is 278 g/mol. The fourth-order valence-corrected chi connectivity index (χ4v) is 2.46. The van der Waals surface area contributed by atoms with Crippen molar-refractivity contribution in [2.75, 3.05) is 6.61 Å². The van der Waals surface area contributed by atoms with Gasteiger partial charge in [-0.15, -0.1) is 4.48 Å². The summed E-state index contributed by atoms with van der Waals surface area (Å²) in [6.45, 7) is -0.517. The zero-order valence-electron chi connectivity index (χ0n) is 9.84. The van der Waals surface area contributed by atoms with E-state index in [1.165, 1.54) is 0 Å². The van der Waals surface area contributed by atoms with Crippen LogP contribution in [-0.2, 0) is 4.74 Å². The molecule has 2 aliphatic heterocycles. The molecule has 10 heteroatoms. The highest BCUT2D eigenvalue weighted by atomic mass is 16.6. The van der Waals surface area contributed by atoms with Gasteiger partial charge in [-0.1, -0.05) is 0 Å². The molecular weight excluding hydrogens is 262 g/mol. The Morgan fingerprint density at radius 3 is 2.47 bits per heavy atom. The van der Waals surface area contributed by atoms with Gasteiger partial charge in [0, 0.05) is 0 Å². The number of carbonyl (C=O) groups excluding carboxylic acids is 2. The molecule has 7 N–H and O–H groups in total. The van der Waals surface area contributed by atoms with Crippen LogP contribution in [0, 0.1) is 0 Å². The molecule has 0 spiro atoms. The van der Waals surface area contributed by atoms with Crippen LogP contribution in [0.5, 0.6) is 0 Å². The van der Waals surface area contributed by atoms with E-state index >= 15 is 0 Å². The van der Waals surface area contributed by atoms with Crippen LogP contribution in [0.25, 0.3) is 0 Å². The predicted molar refractivity (Wildman–Crippen MR) is 56.8 cm³/mol. The standard InChI is InChI=1S/C9H15N3O7/c10-8(17)12(7(16)6(15)11-9(12)18)5-1-3(14)4(2-13)19-5/h3-7,13-16H,1-2H2,(H2-,10,11,17,18)/p+1/t3-,4+,5-,6?,7?,12?/m0/s1. The molecule has 0 aromatic rings. The highest BCUT2D eigenvalue weighted by Gasteiger charge is 2.66. The van der Waals surface area contributed by atoms with Crippen LogP contribution in [0.2, 0.25) is 0 Å². The summed E-state index contributed by atoms with van der Waals surface area (Å²) in [5, 5.41) is 39.9. The number of rotatable bonds is 2. The minimum atomic E-state index is -1.85. The Morgan fingerprint density at radius 2 is 2.11 bits per heavy atom. The lowest BCUT2D eigenvalue weighted by Gasteiger charge is -2.33. The number of nitrogens with two attached hydrogens (primary N) is 1. The van der Waals surface area contributed by atoms with Gasteiger partial charge >= 0.3 is 12.1 Å². The number of aliphatic hydroxyl groups is 4. The molecule has 0 aliphatic carbocycles. The largest absolute Gasteiger partial charge is 0.432 e. The number of aliphatic hydroxyl groups excluding tert-OH is 4. The Morgan fingerprint density at radius 1 is 1.47 bits per heavy atom. The smallest absolute Gasteiger partial charge is 0.394 e. The third-order valence-electron chi connectivity index (χ3n) is 3.51. The Hall–Kier alpha value is -1.30. The highest BCUT2D eigenvalue weighted by molar-refractivity contribution is 5.83. The van der Waals surface area contributed by atoms with E-state index in [4.69, 9.17) is 15.6 Å². The van der Waals surface area contributed by atoms with Crippen molar-refractivity contribution in [1.29, 1.82) is 0 Å². The molecule has 6 atom stereocenters. The topological polar surface area (TPSA) is 162 Å². The van der Waals surface area contributed by atoms with E-state index in [0.717, 1.165) is 0 Å². The number of carbonyl (C=O) groups is 2. The van der Waals surface area contributed by atoms with Gasteiger partial charge in [0.1, 0.15) is 6.10 Å². The average Bonchev–Trinajstić information content (AvgIpc) is 2.79. The summed E-state index contributed by atoms with van der Waals surface area (Å²) >= 11 is 0. The first-order valence-electron chi connectivity index (χ1n) is 5.65. The fraction of sp³-hybridized carbons (Fsp3) is 0.778. The maximum absolute atomic E-state index is 11.9. The predicted octanol–water partition coefficient (Wildman–Crippen LogP) is -3.29. The first-order valence-corrected chi connectivity index (χ1v) is 5.65. The maximum Gasteiger partial charge on any atom is 0.432 e. The van der Waals surface area contributed by atoms with Gasteiger partial charge in [-0.3, -0.25) is 5.32 Å². The van der Waals surface area contributed by atoms with E-state index in [9.17, 15) is 24.9 Å². The number of urea groups is 2. The molecule has 2 saturated heterocycles. The van der Waals surface area contributed by atoms with E-state index in [1.54, 1.807) is 0 Å². The third kappa shape index (κ3) is 1.81. The Balaban J connectivity index is 2.37. The maximum atomic E-state index is 11.9.